The second kappa shape index (κ2) is 8.49. The fourth-order valence-corrected chi connectivity index (χ4v) is 4.25. The minimum absolute atomic E-state index is 0.0856. The molecular formula is C19H20N6O4S. The zero-order valence-corrected chi connectivity index (χ0v) is 16.7. The number of nitrogens with zero attached hydrogens (tertiary/aromatic N) is 3. The van der Waals surface area contributed by atoms with Crippen molar-refractivity contribution in [2.45, 2.75) is 37.8 Å². The van der Waals surface area contributed by atoms with E-state index in [2.05, 4.69) is 26.0 Å². The van der Waals surface area contributed by atoms with Gasteiger partial charge in [-0.1, -0.05) is 12.8 Å². The molecule has 156 valence electrons. The Morgan fingerprint density at radius 2 is 2.07 bits per heavy atom. The maximum absolute atomic E-state index is 12.7. The van der Waals surface area contributed by atoms with Gasteiger partial charge in [-0.2, -0.15) is 5.10 Å². The average Bonchev–Trinajstić information content (AvgIpc) is 3.35. The van der Waals surface area contributed by atoms with Crippen molar-refractivity contribution >= 4 is 46.8 Å². The summed E-state index contributed by atoms with van der Waals surface area (Å²) in [4.78, 5) is 39.6. The zero-order valence-electron chi connectivity index (χ0n) is 15.9. The minimum Gasteiger partial charge on any atom is -0.465 e. The van der Waals surface area contributed by atoms with Crippen LogP contribution in [0, 0.1) is 0 Å². The Morgan fingerprint density at radius 1 is 1.27 bits per heavy atom. The van der Waals surface area contributed by atoms with Gasteiger partial charge in [0, 0.05) is 17.6 Å². The molecule has 30 heavy (non-hydrogen) atoms. The van der Waals surface area contributed by atoms with Crippen molar-refractivity contribution < 1.29 is 19.5 Å². The molecule has 0 aromatic carbocycles. The van der Waals surface area contributed by atoms with E-state index >= 15 is 0 Å². The van der Waals surface area contributed by atoms with E-state index in [1.54, 1.807) is 23.7 Å². The molecule has 1 aliphatic rings. The quantitative estimate of drug-likeness (QED) is 0.443. The number of hydrogen-bond donors (Lipinski definition) is 4. The van der Waals surface area contributed by atoms with Crippen LogP contribution in [0.25, 0.3) is 5.65 Å². The zero-order chi connectivity index (χ0) is 21.1. The molecule has 1 saturated carbocycles. The van der Waals surface area contributed by atoms with Crippen LogP contribution in [-0.2, 0) is 0 Å². The van der Waals surface area contributed by atoms with Crippen LogP contribution in [0.3, 0.4) is 0 Å². The van der Waals surface area contributed by atoms with Gasteiger partial charge in [0.15, 0.2) is 11.9 Å². The van der Waals surface area contributed by atoms with Crippen molar-refractivity contribution in [3.63, 3.8) is 0 Å². The van der Waals surface area contributed by atoms with Gasteiger partial charge in [0.25, 0.3) is 5.91 Å². The number of amides is 2. The predicted molar refractivity (Wildman–Crippen MR) is 111 cm³/mol. The van der Waals surface area contributed by atoms with Crippen LogP contribution in [-0.4, -0.2) is 50.1 Å². The van der Waals surface area contributed by atoms with E-state index in [0.29, 0.717) is 27.6 Å². The molecular weight excluding hydrogens is 408 g/mol. The number of aldehydes is 1. The average molecular weight is 428 g/mol. The lowest BCUT2D eigenvalue weighted by atomic mass is 9.90. The predicted octanol–water partition coefficient (Wildman–Crippen LogP) is 2.85. The first-order valence-electron chi connectivity index (χ1n) is 9.49. The number of rotatable bonds is 6. The Kier molecular flexibility index (Phi) is 5.61. The maximum atomic E-state index is 12.7. The normalized spacial score (nSPS) is 18.7. The SMILES string of the molecule is O=Cc1cc(NC(=O)c2cnn3ccc(N[C@@H]4CCCC[C@@H]4NC(=O)O)nc23)cs1. The van der Waals surface area contributed by atoms with E-state index in [4.69, 9.17) is 5.11 Å². The Balaban J connectivity index is 1.54. The van der Waals surface area contributed by atoms with Gasteiger partial charge in [0.1, 0.15) is 11.4 Å². The third-order valence-corrected chi connectivity index (χ3v) is 5.87. The van der Waals surface area contributed by atoms with Crippen LogP contribution >= 0.6 is 11.3 Å². The molecule has 4 N–H and O–H groups in total. The summed E-state index contributed by atoms with van der Waals surface area (Å²) < 4.78 is 1.50. The van der Waals surface area contributed by atoms with Gasteiger partial charge in [-0.15, -0.1) is 11.3 Å². The second-order valence-corrected chi connectivity index (χ2v) is 7.98. The van der Waals surface area contributed by atoms with Gasteiger partial charge in [-0.3, -0.25) is 9.59 Å². The molecule has 0 bridgehead atoms. The lowest BCUT2D eigenvalue weighted by molar-refractivity contribution is 0.102. The number of nitrogens with one attached hydrogen (secondary N) is 3. The third-order valence-electron chi connectivity index (χ3n) is 5.02. The second-order valence-electron chi connectivity index (χ2n) is 7.04. The van der Waals surface area contributed by atoms with Crippen molar-refractivity contribution in [3.05, 3.63) is 40.3 Å². The summed E-state index contributed by atoms with van der Waals surface area (Å²) >= 11 is 1.24. The molecule has 0 saturated heterocycles. The molecule has 3 heterocycles. The third kappa shape index (κ3) is 4.25. The Hall–Kier alpha value is -3.47. The van der Waals surface area contributed by atoms with E-state index in [1.807, 2.05) is 0 Å². The van der Waals surface area contributed by atoms with Crippen molar-refractivity contribution in [2.75, 3.05) is 10.6 Å². The molecule has 1 aliphatic carbocycles. The van der Waals surface area contributed by atoms with Crippen molar-refractivity contribution in [2.24, 2.45) is 0 Å². The van der Waals surface area contributed by atoms with Gasteiger partial charge in [-0.25, -0.2) is 14.3 Å². The van der Waals surface area contributed by atoms with E-state index < -0.39 is 6.09 Å². The molecule has 0 radical (unpaired) electrons. The molecule has 2 atom stereocenters. The van der Waals surface area contributed by atoms with Crippen LogP contribution < -0.4 is 16.0 Å². The largest absolute Gasteiger partial charge is 0.465 e. The molecule has 0 spiro atoms. The molecule has 1 fully saturated rings. The first-order chi connectivity index (χ1) is 14.5. The number of carbonyl (C=O) groups excluding carboxylic acids is 2. The van der Waals surface area contributed by atoms with Crippen LogP contribution in [0.1, 0.15) is 45.7 Å². The number of carboxylic acid groups (broad SMARTS) is 1. The maximum Gasteiger partial charge on any atom is 0.404 e. The monoisotopic (exact) mass is 428 g/mol. The summed E-state index contributed by atoms with van der Waals surface area (Å²) in [7, 11) is 0. The summed E-state index contributed by atoms with van der Waals surface area (Å²) in [5.41, 5.74) is 1.20. The Labute approximate surface area is 175 Å². The summed E-state index contributed by atoms with van der Waals surface area (Å²) in [6.45, 7) is 0. The molecule has 4 rings (SSSR count). The fraction of sp³-hybridized carbons (Fsp3) is 0.316. The fourth-order valence-electron chi connectivity index (χ4n) is 3.61. The Bertz CT molecular complexity index is 1090. The van der Waals surface area contributed by atoms with Crippen LogP contribution in [0.5, 0.6) is 0 Å². The van der Waals surface area contributed by atoms with E-state index in [-0.39, 0.29) is 18.0 Å². The van der Waals surface area contributed by atoms with Gasteiger partial charge in [0.05, 0.1) is 22.8 Å². The van der Waals surface area contributed by atoms with Gasteiger partial charge < -0.3 is 21.1 Å². The highest BCUT2D eigenvalue weighted by molar-refractivity contribution is 7.12. The molecule has 3 aromatic heterocycles. The minimum atomic E-state index is -1.04. The standard InChI is InChI=1S/C19H20N6O4S/c26-9-12-7-11(10-30-12)21-18(27)13-8-20-25-6-5-16(24-17(13)25)22-14-3-1-2-4-15(14)23-19(28)29/h5-10,14-15,23H,1-4H2,(H,21,27)(H,22,24)(H,28,29)/t14-,15+/m1/s1. The first kappa shape index (κ1) is 19.8. The number of hydrogen-bond acceptors (Lipinski definition) is 7. The van der Waals surface area contributed by atoms with Gasteiger partial charge in [0.2, 0.25) is 0 Å². The highest BCUT2D eigenvalue weighted by Gasteiger charge is 2.27. The molecule has 10 nitrogen and oxygen atoms in total. The number of fused-ring (bicyclic) bond motifs is 1. The van der Waals surface area contributed by atoms with Crippen LogP contribution in [0.15, 0.2) is 29.9 Å². The molecule has 0 unspecified atom stereocenters. The lowest BCUT2D eigenvalue weighted by Crippen LogP contribution is -2.48. The number of carbonyl (C=O) groups is 3. The summed E-state index contributed by atoms with van der Waals surface area (Å²) in [6.07, 6.45) is 6.36. The molecule has 0 aliphatic heterocycles. The highest BCUT2D eigenvalue weighted by atomic mass is 32.1. The Morgan fingerprint density at radius 3 is 2.80 bits per heavy atom. The van der Waals surface area contributed by atoms with Crippen molar-refractivity contribution in [1.82, 2.24) is 19.9 Å². The summed E-state index contributed by atoms with van der Waals surface area (Å²) in [6, 6.07) is 3.05. The topological polar surface area (TPSA) is 138 Å². The highest BCUT2D eigenvalue weighted by Crippen LogP contribution is 2.23. The van der Waals surface area contributed by atoms with E-state index in [0.717, 1.165) is 32.0 Å². The first-order valence-corrected chi connectivity index (χ1v) is 10.4. The number of anilines is 2. The van der Waals surface area contributed by atoms with Crippen LogP contribution in [0.2, 0.25) is 0 Å². The van der Waals surface area contributed by atoms with Crippen molar-refractivity contribution in [3.8, 4) is 0 Å². The number of aromatic nitrogens is 3. The summed E-state index contributed by atoms with van der Waals surface area (Å²) in [5.74, 6) is 0.160. The lowest BCUT2D eigenvalue weighted by Gasteiger charge is -2.32. The van der Waals surface area contributed by atoms with E-state index in [1.165, 1.54) is 22.0 Å². The van der Waals surface area contributed by atoms with E-state index in [9.17, 15) is 14.4 Å². The van der Waals surface area contributed by atoms with Crippen LogP contribution in [0.4, 0.5) is 16.3 Å². The number of thiophene rings is 1. The smallest absolute Gasteiger partial charge is 0.404 e. The summed E-state index contributed by atoms with van der Waals surface area (Å²) in [5, 5.41) is 23.5. The van der Waals surface area contributed by atoms with Gasteiger partial charge >= 0.3 is 6.09 Å². The molecule has 3 aromatic rings. The molecule has 11 heteroatoms. The molecule has 2 amide bonds. The van der Waals surface area contributed by atoms with Crippen molar-refractivity contribution in [1.29, 1.82) is 0 Å². The van der Waals surface area contributed by atoms with Gasteiger partial charge in [-0.05, 0) is 25.0 Å².